The van der Waals surface area contributed by atoms with Gasteiger partial charge in [-0.15, -0.1) is 0 Å². The molecule has 6 rings (SSSR count). The van der Waals surface area contributed by atoms with Crippen molar-refractivity contribution >= 4 is 9.84 Å². The fraction of sp³-hybridized carbons (Fsp3) is 0.108. The smallest absolute Gasteiger partial charge is 0.191 e. The maximum atomic E-state index is 14.6. The Hall–Kier alpha value is -4.74. The van der Waals surface area contributed by atoms with E-state index in [0.717, 1.165) is 33.8 Å². The molecule has 0 aliphatic heterocycles. The van der Waals surface area contributed by atoms with Crippen molar-refractivity contribution in [2.24, 2.45) is 0 Å². The van der Waals surface area contributed by atoms with Gasteiger partial charge in [-0.1, -0.05) is 139 Å². The van der Waals surface area contributed by atoms with Gasteiger partial charge in [-0.25, -0.2) is 13.4 Å². The van der Waals surface area contributed by atoms with Crippen LogP contribution in [0.5, 0.6) is 0 Å². The number of sulfone groups is 1. The van der Waals surface area contributed by atoms with E-state index in [-0.39, 0.29) is 4.90 Å². The SMILES string of the molecule is Cc1ccc(S(=O)(=O)[C@@H](c2ccccc2)c2nc(Cc3ccccc3)n(Cc3ccccc3)c2-c2ccccc2)cc1. The summed E-state index contributed by atoms with van der Waals surface area (Å²) in [6.45, 7) is 2.52. The van der Waals surface area contributed by atoms with Crippen molar-refractivity contribution in [3.8, 4) is 11.3 Å². The van der Waals surface area contributed by atoms with Gasteiger partial charge in [-0.3, -0.25) is 0 Å². The lowest BCUT2D eigenvalue weighted by molar-refractivity contribution is 0.588. The average Bonchev–Trinajstić information content (AvgIpc) is 3.35. The van der Waals surface area contributed by atoms with Crippen molar-refractivity contribution in [2.45, 2.75) is 30.0 Å². The molecule has 1 atom stereocenters. The molecule has 42 heavy (non-hydrogen) atoms. The fourth-order valence-corrected chi connectivity index (χ4v) is 7.19. The molecule has 4 nitrogen and oxygen atoms in total. The summed E-state index contributed by atoms with van der Waals surface area (Å²) in [7, 11) is -3.88. The molecule has 0 bridgehead atoms. The molecule has 5 heteroatoms. The van der Waals surface area contributed by atoms with E-state index in [1.807, 2.05) is 116 Å². The predicted octanol–water partition coefficient (Wildman–Crippen LogP) is 8.06. The lowest BCUT2D eigenvalue weighted by Gasteiger charge is -2.20. The highest BCUT2D eigenvalue weighted by atomic mass is 32.2. The number of hydrogen-bond donors (Lipinski definition) is 0. The van der Waals surface area contributed by atoms with Crippen LogP contribution in [0.4, 0.5) is 0 Å². The van der Waals surface area contributed by atoms with Crippen LogP contribution in [0.1, 0.15) is 39.0 Å². The summed E-state index contributed by atoms with van der Waals surface area (Å²) < 4.78 is 31.4. The average molecular weight is 569 g/mol. The molecule has 0 amide bonds. The second-order valence-electron chi connectivity index (χ2n) is 10.5. The van der Waals surface area contributed by atoms with E-state index >= 15 is 0 Å². The molecule has 0 radical (unpaired) electrons. The van der Waals surface area contributed by atoms with E-state index < -0.39 is 15.1 Å². The first-order chi connectivity index (χ1) is 20.5. The molecular formula is C37H32N2O2S. The molecule has 0 fully saturated rings. The zero-order valence-corrected chi connectivity index (χ0v) is 24.3. The van der Waals surface area contributed by atoms with Crippen molar-refractivity contribution in [1.82, 2.24) is 9.55 Å². The van der Waals surface area contributed by atoms with Gasteiger partial charge in [0.25, 0.3) is 0 Å². The number of imidazole rings is 1. The first kappa shape index (κ1) is 27.4. The minimum Gasteiger partial charge on any atom is -0.323 e. The summed E-state index contributed by atoms with van der Waals surface area (Å²) in [5.41, 5.74) is 6.20. The number of aryl methyl sites for hydroxylation is 1. The topological polar surface area (TPSA) is 52.0 Å². The molecule has 6 aromatic rings. The van der Waals surface area contributed by atoms with Gasteiger partial charge in [0.2, 0.25) is 0 Å². The molecule has 0 N–H and O–H groups in total. The van der Waals surface area contributed by atoms with Crippen molar-refractivity contribution in [3.05, 3.63) is 179 Å². The molecule has 0 unspecified atom stereocenters. The number of hydrogen-bond acceptors (Lipinski definition) is 3. The van der Waals surface area contributed by atoms with Crippen LogP contribution < -0.4 is 0 Å². The first-order valence-corrected chi connectivity index (χ1v) is 15.6. The molecule has 5 aromatic carbocycles. The predicted molar refractivity (Wildman–Crippen MR) is 169 cm³/mol. The van der Waals surface area contributed by atoms with Crippen LogP contribution in [0.2, 0.25) is 0 Å². The zero-order valence-electron chi connectivity index (χ0n) is 23.5. The monoisotopic (exact) mass is 568 g/mol. The minimum atomic E-state index is -3.88. The van der Waals surface area contributed by atoms with Crippen LogP contribution in [0.3, 0.4) is 0 Å². The summed E-state index contributed by atoms with van der Waals surface area (Å²) in [6, 6.07) is 47.1. The standard InChI is InChI=1S/C37H32N2O2S/c1-28-22-24-33(25-23-28)42(40,41)37(32-20-12-5-13-21-32)35-36(31-18-10-4-11-19-31)39(27-30-16-8-3-9-17-30)34(38-35)26-29-14-6-2-7-15-29/h2-25,37H,26-27H2,1H3/t37-/m0/s1. The zero-order chi connectivity index (χ0) is 28.9. The fourth-order valence-electron chi connectivity index (χ4n) is 5.43. The van der Waals surface area contributed by atoms with Gasteiger partial charge in [-0.2, -0.15) is 0 Å². The first-order valence-electron chi connectivity index (χ1n) is 14.1. The Morgan fingerprint density at radius 1 is 0.643 bits per heavy atom. The Kier molecular flexibility index (Phi) is 7.85. The summed E-state index contributed by atoms with van der Waals surface area (Å²) in [5, 5.41) is -0.997. The van der Waals surface area contributed by atoms with E-state index in [9.17, 15) is 8.42 Å². The summed E-state index contributed by atoms with van der Waals surface area (Å²) in [5.74, 6) is 0.818. The molecule has 208 valence electrons. The third-order valence-electron chi connectivity index (χ3n) is 7.52. The Morgan fingerprint density at radius 2 is 1.17 bits per heavy atom. The van der Waals surface area contributed by atoms with Gasteiger partial charge >= 0.3 is 0 Å². The Balaban J connectivity index is 1.64. The Labute approximate surface area is 247 Å². The normalized spacial score (nSPS) is 12.2. The molecule has 0 saturated heterocycles. The van der Waals surface area contributed by atoms with E-state index in [1.165, 1.54) is 0 Å². The second-order valence-corrected chi connectivity index (χ2v) is 12.5. The summed E-state index contributed by atoms with van der Waals surface area (Å²) >= 11 is 0. The molecule has 0 aliphatic rings. The summed E-state index contributed by atoms with van der Waals surface area (Å²) in [6.07, 6.45) is 0.569. The highest BCUT2D eigenvalue weighted by Gasteiger charge is 2.36. The molecule has 1 aromatic heterocycles. The van der Waals surface area contributed by atoms with Crippen LogP contribution in [0, 0.1) is 6.92 Å². The van der Waals surface area contributed by atoms with Gasteiger partial charge in [0.05, 0.1) is 16.3 Å². The third kappa shape index (κ3) is 5.69. The molecule has 0 saturated carbocycles. The minimum absolute atomic E-state index is 0.281. The maximum absolute atomic E-state index is 14.6. The van der Waals surface area contributed by atoms with Crippen molar-refractivity contribution in [3.63, 3.8) is 0 Å². The van der Waals surface area contributed by atoms with Gasteiger partial charge in [-0.05, 0) is 35.7 Å². The van der Waals surface area contributed by atoms with Crippen LogP contribution in [0.25, 0.3) is 11.3 Å². The van der Waals surface area contributed by atoms with Gasteiger partial charge in [0, 0.05) is 18.5 Å². The molecule has 0 spiro atoms. The summed E-state index contributed by atoms with van der Waals surface area (Å²) in [4.78, 5) is 5.53. The van der Waals surface area contributed by atoms with E-state index in [2.05, 4.69) is 28.8 Å². The highest BCUT2D eigenvalue weighted by Crippen LogP contribution is 2.41. The van der Waals surface area contributed by atoms with E-state index in [1.54, 1.807) is 12.1 Å². The van der Waals surface area contributed by atoms with Crippen LogP contribution in [0.15, 0.2) is 150 Å². The van der Waals surface area contributed by atoms with Crippen LogP contribution in [-0.2, 0) is 22.8 Å². The van der Waals surface area contributed by atoms with Gasteiger partial charge in [0.15, 0.2) is 9.84 Å². The van der Waals surface area contributed by atoms with Crippen molar-refractivity contribution in [1.29, 1.82) is 0 Å². The number of rotatable bonds is 9. The quantitative estimate of drug-likeness (QED) is 0.177. The van der Waals surface area contributed by atoms with Crippen LogP contribution >= 0.6 is 0 Å². The van der Waals surface area contributed by atoms with Crippen molar-refractivity contribution in [2.75, 3.05) is 0 Å². The largest absolute Gasteiger partial charge is 0.323 e. The molecule has 0 aliphatic carbocycles. The molecular weight excluding hydrogens is 536 g/mol. The van der Waals surface area contributed by atoms with E-state index in [0.29, 0.717) is 24.2 Å². The number of aromatic nitrogens is 2. The van der Waals surface area contributed by atoms with Crippen molar-refractivity contribution < 1.29 is 8.42 Å². The van der Waals surface area contributed by atoms with Gasteiger partial charge < -0.3 is 4.57 Å². The van der Waals surface area contributed by atoms with Crippen LogP contribution in [-0.4, -0.2) is 18.0 Å². The second kappa shape index (κ2) is 12.0. The number of benzene rings is 5. The Morgan fingerprint density at radius 3 is 1.76 bits per heavy atom. The lowest BCUT2D eigenvalue weighted by Crippen LogP contribution is -2.17. The molecule has 1 heterocycles. The highest BCUT2D eigenvalue weighted by molar-refractivity contribution is 7.92. The van der Waals surface area contributed by atoms with Gasteiger partial charge in [0.1, 0.15) is 11.1 Å². The maximum Gasteiger partial charge on any atom is 0.191 e. The lowest BCUT2D eigenvalue weighted by atomic mass is 10.0. The Bertz CT molecular complexity index is 1870. The van der Waals surface area contributed by atoms with E-state index in [4.69, 9.17) is 4.98 Å². The third-order valence-corrected chi connectivity index (χ3v) is 9.57. The number of nitrogens with zero attached hydrogens (tertiary/aromatic N) is 2.